The molecule has 0 unspecified atom stereocenters. The minimum Gasteiger partial charge on any atom is -0.399 e. The molecular formula is C37H32N4O4S. The smallest absolute Gasteiger partial charge is 0.399 e. The van der Waals surface area contributed by atoms with Crippen molar-refractivity contribution < 1.29 is 13.6 Å². The predicted octanol–water partition coefficient (Wildman–Crippen LogP) is 8.19. The number of thioether (sulfide) groups is 1. The molecule has 9 heteroatoms. The van der Waals surface area contributed by atoms with Gasteiger partial charge in [-0.05, 0) is 65.9 Å². The van der Waals surface area contributed by atoms with E-state index in [1.165, 1.54) is 6.26 Å². The second kappa shape index (κ2) is 12.3. The molecule has 46 heavy (non-hydrogen) atoms. The van der Waals surface area contributed by atoms with Crippen molar-refractivity contribution in [2.75, 3.05) is 0 Å². The number of carbonyl (C=O) groups excluding carboxylic acids is 1. The maximum absolute atomic E-state index is 13.1. The molecule has 8 nitrogen and oxygen atoms in total. The van der Waals surface area contributed by atoms with Crippen LogP contribution in [-0.2, 0) is 25.8 Å². The Bertz CT molecular complexity index is 2270. The first-order valence-electron chi connectivity index (χ1n) is 15.2. The van der Waals surface area contributed by atoms with Crippen LogP contribution in [0.2, 0.25) is 0 Å². The maximum atomic E-state index is 13.1. The predicted molar refractivity (Wildman–Crippen MR) is 182 cm³/mol. The highest BCUT2D eigenvalue weighted by atomic mass is 32.2. The van der Waals surface area contributed by atoms with E-state index in [9.17, 15) is 9.59 Å². The van der Waals surface area contributed by atoms with Gasteiger partial charge in [-0.25, -0.2) is 14.8 Å². The Morgan fingerprint density at radius 2 is 1.70 bits per heavy atom. The number of aromatic nitrogens is 4. The lowest BCUT2D eigenvalue weighted by atomic mass is 9.99. The van der Waals surface area contributed by atoms with Gasteiger partial charge in [0.25, 0.3) is 0 Å². The molecule has 0 aliphatic carbocycles. The summed E-state index contributed by atoms with van der Waals surface area (Å²) in [6.07, 6.45) is 3.11. The Hall–Kier alpha value is -5.15. The number of nitrogens with zero attached hydrogens (tertiary/aromatic N) is 4. The molecule has 0 atom stereocenters. The maximum Gasteiger partial charge on any atom is 0.518 e. The Labute approximate surface area is 269 Å². The summed E-state index contributed by atoms with van der Waals surface area (Å²) in [7, 11) is 2.06. The highest BCUT2D eigenvalue weighted by Crippen LogP contribution is 2.32. The van der Waals surface area contributed by atoms with Gasteiger partial charge in [-0.15, -0.1) is 0 Å². The Morgan fingerprint density at radius 3 is 2.46 bits per heavy atom. The molecule has 0 aliphatic heterocycles. The average Bonchev–Trinajstić information content (AvgIpc) is 3.75. The van der Waals surface area contributed by atoms with Crippen LogP contribution in [0.4, 0.5) is 0 Å². The van der Waals surface area contributed by atoms with E-state index >= 15 is 0 Å². The SMILES string of the molecule is CCCc1nc2c(C)cc(-c3nc4ccccc4n3C)cc2n1Cc1ccc(-c2ccccc2C(=O)SCc2coc(=O)o2)cc1. The molecule has 7 aromatic rings. The summed E-state index contributed by atoms with van der Waals surface area (Å²) in [5, 5.41) is -0.107. The molecule has 0 bridgehead atoms. The number of para-hydroxylation sites is 2. The molecule has 3 aromatic heterocycles. The number of rotatable bonds is 9. The van der Waals surface area contributed by atoms with E-state index in [0.29, 0.717) is 17.9 Å². The van der Waals surface area contributed by atoms with E-state index in [4.69, 9.17) is 14.4 Å². The van der Waals surface area contributed by atoms with Crippen LogP contribution >= 0.6 is 11.8 Å². The molecule has 0 aliphatic rings. The van der Waals surface area contributed by atoms with Crippen LogP contribution in [0.3, 0.4) is 0 Å². The monoisotopic (exact) mass is 628 g/mol. The van der Waals surface area contributed by atoms with E-state index in [1.807, 2.05) is 42.5 Å². The van der Waals surface area contributed by atoms with Gasteiger partial charge in [-0.2, -0.15) is 0 Å². The van der Waals surface area contributed by atoms with E-state index in [2.05, 4.69) is 76.9 Å². The van der Waals surface area contributed by atoms with E-state index in [0.717, 1.165) is 86.1 Å². The first kappa shape index (κ1) is 29.6. The van der Waals surface area contributed by atoms with Gasteiger partial charge in [-0.3, -0.25) is 4.79 Å². The Kier molecular flexibility index (Phi) is 7.92. The van der Waals surface area contributed by atoms with Crippen molar-refractivity contribution in [1.29, 1.82) is 0 Å². The van der Waals surface area contributed by atoms with Gasteiger partial charge in [-0.1, -0.05) is 73.3 Å². The third-order valence-electron chi connectivity index (χ3n) is 8.24. The molecule has 0 fully saturated rings. The third-order valence-corrected chi connectivity index (χ3v) is 9.15. The lowest BCUT2D eigenvalue weighted by Gasteiger charge is -2.12. The van der Waals surface area contributed by atoms with Crippen LogP contribution in [0, 0.1) is 6.92 Å². The van der Waals surface area contributed by atoms with Gasteiger partial charge in [0.1, 0.15) is 17.9 Å². The van der Waals surface area contributed by atoms with Crippen molar-refractivity contribution in [3.8, 4) is 22.5 Å². The zero-order valence-electron chi connectivity index (χ0n) is 25.8. The topological polar surface area (TPSA) is 96.1 Å². The summed E-state index contributed by atoms with van der Waals surface area (Å²) in [5.41, 5.74) is 9.92. The van der Waals surface area contributed by atoms with Crippen molar-refractivity contribution >= 4 is 38.9 Å². The van der Waals surface area contributed by atoms with Crippen molar-refractivity contribution in [3.05, 3.63) is 130 Å². The molecule has 0 spiro atoms. The second-order valence-corrected chi connectivity index (χ2v) is 12.3. The van der Waals surface area contributed by atoms with Crippen molar-refractivity contribution in [1.82, 2.24) is 19.1 Å². The number of fused-ring (bicyclic) bond motifs is 2. The minimum absolute atomic E-state index is 0.107. The van der Waals surface area contributed by atoms with Crippen molar-refractivity contribution in [3.63, 3.8) is 0 Å². The molecule has 7 rings (SSSR count). The molecule has 230 valence electrons. The fourth-order valence-corrected chi connectivity index (χ4v) is 6.73. The van der Waals surface area contributed by atoms with Gasteiger partial charge in [0, 0.05) is 31.1 Å². The first-order chi connectivity index (χ1) is 22.4. The molecule has 3 heterocycles. The van der Waals surface area contributed by atoms with Crippen LogP contribution in [0.1, 0.15) is 46.4 Å². The highest BCUT2D eigenvalue weighted by molar-refractivity contribution is 8.13. The van der Waals surface area contributed by atoms with E-state index in [-0.39, 0.29) is 10.9 Å². The number of hydrogen-bond acceptors (Lipinski definition) is 7. The fraction of sp³-hybridized carbons (Fsp3) is 0.189. The largest absolute Gasteiger partial charge is 0.518 e. The summed E-state index contributed by atoms with van der Waals surface area (Å²) in [4.78, 5) is 34.4. The van der Waals surface area contributed by atoms with E-state index < -0.39 is 5.82 Å². The van der Waals surface area contributed by atoms with E-state index in [1.54, 1.807) is 0 Å². The normalized spacial score (nSPS) is 11.5. The van der Waals surface area contributed by atoms with Gasteiger partial charge < -0.3 is 18.0 Å². The molecule has 0 N–H and O–H groups in total. The lowest BCUT2D eigenvalue weighted by molar-refractivity contribution is 0.108. The van der Waals surface area contributed by atoms with Crippen LogP contribution in [0.25, 0.3) is 44.6 Å². The third kappa shape index (κ3) is 5.58. The zero-order valence-corrected chi connectivity index (χ0v) is 26.6. The summed E-state index contributed by atoms with van der Waals surface area (Å²) in [5.74, 6) is 1.77. The standard InChI is InChI=1S/C37H32N4O4S/c1-4-9-33-39-34-23(2)18-26(35-38-30-12-7-8-13-31(30)40(35)3)19-32(34)41(33)20-24-14-16-25(17-15-24)28-10-5-6-11-29(28)36(42)46-22-27-21-44-37(43)45-27/h5-8,10-19,21H,4,9,20,22H2,1-3H3. The van der Waals surface area contributed by atoms with Crippen LogP contribution in [-0.4, -0.2) is 24.2 Å². The summed E-state index contributed by atoms with van der Waals surface area (Å²) in [6.45, 7) is 4.97. The average molecular weight is 629 g/mol. The Balaban J connectivity index is 1.20. The molecule has 0 saturated heterocycles. The fourth-order valence-electron chi connectivity index (χ4n) is 6.00. The quantitative estimate of drug-likeness (QED) is 0.159. The highest BCUT2D eigenvalue weighted by Gasteiger charge is 2.18. The zero-order chi connectivity index (χ0) is 31.8. The number of carbonyl (C=O) groups is 1. The van der Waals surface area contributed by atoms with Gasteiger partial charge in [0.15, 0.2) is 5.76 Å². The number of hydrogen-bond donors (Lipinski definition) is 0. The second-order valence-electron chi connectivity index (χ2n) is 11.4. The number of imidazole rings is 2. The van der Waals surface area contributed by atoms with Crippen molar-refractivity contribution in [2.45, 2.75) is 39.0 Å². The summed E-state index contributed by atoms with van der Waals surface area (Å²) < 4.78 is 14.1. The first-order valence-corrected chi connectivity index (χ1v) is 16.2. The van der Waals surface area contributed by atoms with Crippen LogP contribution in [0.15, 0.2) is 105 Å². The number of benzene rings is 4. The number of aryl methyl sites for hydroxylation is 3. The molecule has 0 saturated carbocycles. The molecule has 0 amide bonds. The summed E-state index contributed by atoms with van der Waals surface area (Å²) in [6, 6.07) is 28.5. The molecular weight excluding hydrogens is 596 g/mol. The Morgan fingerprint density at radius 1 is 0.913 bits per heavy atom. The van der Waals surface area contributed by atoms with Gasteiger partial charge in [0.05, 0.1) is 27.8 Å². The van der Waals surface area contributed by atoms with Gasteiger partial charge in [0.2, 0.25) is 5.12 Å². The molecule has 4 aromatic carbocycles. The van der Waals surface area contributed by atoms with Crippen LogP contribution in [0.5, 0.6) is 0 Å². The summed E-state index contributed by atoms with van der Waals surface area (Å²) >= 11 is 1.07. The van der Waals surface area contributed by atoms with Crippen molar-refractivity contribution in [2.24, 2.45) is 7.05 Å². The van der Waals surface area contributed by atoms with Crippen LogP contribution < -0.4 is 5.82 Å². The molecule has 0 radical (unpaired) electrons. The van der Waals surface area contributed by atoms with Gasteiger partial charge >= 0.3 is 5.82 Å². The minimum atomic E-state index is -0.772. The lowest BCUT2D eigenvalue weighted by Crippen LogP contribution is -2.05.